The summed E-state index contributed by atoms with van der Waals surface area (Å²) in [6, 6.07) is 5.96. The standard InChI is InChI=1S/C11H13FN2O2/c12-9-3-1-8(2-4-9)10-7-14(6-5-13)11(15)16-10/h1-4,10H,5-7,13H2. The van der Waals surface area contributed by atoms with Crippen LogP contribution in [0.4, 0.5) is 9.18 Å². The van der Waals surface area contributed by atoms with Crippen LogP contribution in [-0.2, 0) is 4.74 Å². The highest BCUT2D eigenvalue weighted by Crippen LogP contribution is 2.25. The van der Waals surface area contributed by atoms with E-state index in [0.29, 0.717) is 19.6 Å². The molecule has 16 heavy (non-hydrogen) atoms. The highest BCUT2D eigenvalue weighted by atomic mass is 19.1. The van der Waals surface area contributed by atoms with Gasteiger partial charge in [-0.1, -0.05) is 12.1 Å². The quantitative estimate of drug-likeness (QED) is 0.841. The zero-order valence-electron chi connectivity index (χ0n) is 8.73. The molecule has 1 amide bonds. The summed E-state index contributed by atoms with van der Waals surface area (Å²) in [6.07, 6.45) is -0.681. The second-order valence-electron chi connectivity index (χ2n) is 3.66. The van der Waals surface area contributed by atoms with E-state index in [1.807, 2.05) is 0 Å². The van der Waals surface area contributed by atoms with E-state index < -0.39 is 0 Å². The summed E-state index contributed by atoms with van der Waals surface area (Å²) in [5, 5.41) is 0. The fourth-order valence-corrected chi connectivity index (χ4v) is 1.70. The molecule has 5 heteroatoms. The third-order valence-corrected chi connectivity index (χ3v) is 2.53. The molecule has 0 bridgehead atoms. The molecule has 0 aromatic heterocycles. The van der Waals surface area contributed by atoms with Gasteiger partial charge in [-0.05, 0) is 17.7 Å². The van der Waals surface area contributed by atoms with Crippen molar-refractivity contribution in [2.75, 3.05) is 19.6 Å². The van der Waals surface area contributed by atoms with Crippen molar-refractivity contribution in [3.63, 3.8) is 0 Å². The molecule has 0 saturated carbocycles. The average Bonchev–Trinajstić information content (AvgIpc) is 2.62. The predicted octanol–water partition coefficient (Wildman–Crippen LogP) is 1.28. The zero-order chi connectivity index (χ0) is 11.5. The first-order chi connectivity index (χ1) is 7.70. The van der Waals surface area contributed by atoms with Gasteiger partial charge in [0, 0.05) is 13.1 Å². The summed E-state index contributed by atoms with van der Waals surface area (Å²) in [5.74, 6) is -0.299. The minimum absolute atomic E-state index is 0.299. The summed E-state index contributed by atoms with van der Waals surface area (Å²) in [7, 11) is 0. The van der Waals surface area contributed by atoms with Gasteiger partial charge in [0.25, 0.3) is 0 Å². The molecule has 1 fully saturated rings. The van der Waals surface area contributed by atoms with Crippen LogP contribution in [0.1, 0.15) is 11.7 Å². The lowest BCUT2D eigenvalue weighted by Gasteiger charge is -2.10. The third-order valence-electron chi connectivity index (χ3n) is 2.53. The summed E-state index contributed by atoms with van der Waals surface area (Å²) < 4.78 is 17.9. The number of carbonyl (C=O) groups excluding carboxylic acids is 1. The number of carbonyl (C=O) groups is 1. The molecule has 1 atom stereocenters. The molecular formula is C11H13FN2O2. The number of ether oxygens (including phenoxy) is 1. The van der Waals surface area contributed by atoms with E-state index in [0.717, 1.165) is 5.56 Å². The molecule has 1 saturated heterocycles. The van der Waals surface area contributed by atoms with Crippen molar-refractivity contribution in [1.82, 2.24) is 4.90 Å². The van der Waals surface area contributed by atoms with Crippen LogP contribution in [0.25, 0.3) is 0 Å². The highest BCUT2D eigenvalue weighted by molar-refractivity contribution is 5.70. The predicted molar refractivity (Wildman–Crippen MR) is 56.2 cm³/mol. The number of hydrogen-bond donors (Lipinski definition) is 1. The van der Waals surface area contributed by atoms with Crippen LogP contribution in [0, 0.1) is 5.82 Å². The molecule has 1 aliphatic heterocycles. The minimum atomic E-state index is -0.361. The summed E-state index contributed by atoms with van der Waals surface area (Å²) >= 11 is 0. The maximum absolute atomic E-state index is 12.7. The molecular weight excluding hydrogens is 211 g/mol. The summed E-state index contributed by atoms with van der Waals surface area (Å²) in [4.78, 5) is 12.9. The van der Waals surface area contributed by atoms with E-state index in [-0.39, 0.29) is 18.0 Å². The lowest BCUT2D eigenvalue weighted by atomic mass is 10.1. The van der Waals surface area contributed by atoms with E-state index in [1.165, 1.54) is 12.1 Å². The van der Waals surface area contributed by atoms with Gasteiger partial charge in [0.2, 0.25) is 0 Å². The Labute approximate surface area is 92.8 Å². The van der Waals surface area contributed by atoms with Crippen molar-refractivity contribution < 1.29 is 13.9 Å². The molecule has 0 radical (unpaired) electrons. The van der Waals surface area contributed by atoms with E-state index in [9.17, 15) is 9.18 Å². The van der Waals surface area contributed by atoms with Crippen LogP contribution < -0.4 is 5.73 Å². The molecule has 2 rings (SSSR count). The fourth-order valence-electron chi connectivity index (χ4n) is 1.70. The molecule has 0 aliphatic carbocycles. The Morgan fingerprint density at radius 3 is 2.75 bits per heavy atom. The molecule has 1 aromatic rings. The van der Waals surface area contributed by atoms with Crippen molar-refractivity contribution in [3.05, 3.63) is 35.6 Å². The Bertz CT molecular complexity index is 380. The normalized spacial score (nSPS) is 20.0. The molecule has 1 aromatic carbocycles. The van der Waals surface area contributed by atoms with Gasteiger partial charge >= 0.3 is 6.09 Å². The van der Waals surface area contributed by atoms with Gasteiger partial charge in [0.1, 0.15) is 11.9 Å². The Kier molecular flexibility index (Phi) is 3.05. The van der Waals surface area contributed by atoms with Crippen LogP contribution in [0.5, 0.6) is 0 Å². The first-order valence-corrected chi connectivity index (χ1v) is 5.12. The van der Waals surface area contributed by atoms with Crippen molar-refractivity contribution in [3.8, 4) is 0 Å². The number of halogens is 1. The van der Waals surface area contributed by atoms with E-state index in [1.54, 1.807) is 17.0 Å². The van der Waals surface area contributed by atoms with Crippen molar-refractivity contribution in [1.29, 1.82) is 0 Å². The Morgan fingerprint density at radius 1 is 1.44 bits per heavy atom. The van der Waals surface area contributed by atoms with Crippen LogP contribution >= 0.6 is 0 Å². The molecule has 4 nitrogen and oxygen atoms in total. The minimum Gasteiger partial charge on any atom is -0.439 e. The molecule has 1 aliphatic rings. The number of nitrogens with two attached hydrogens (primary N) is 1. The summed E-state index contributed by atoms with van der Waals surface area (Å²) in [5.41, 5.74) is 6.18. The first-order valence-electron chi connectivity index (χ1n) is 5.12. The molecule has 0 spiro atoms. The smallest absolute Gasteiger partial charge is 0.410 e. The van der Waals surface area contributed by atoms with Gasteiger partial charge in [-0.15, -0.1) is 0 Å². The van der Waals surface area contributed by atoms with Crippen LogP contribution in [0.15, 0.2) is 24.3 Å². The van der Waals surface area contributed by atoms with Crippen molar-refractivity contribution >= 4 is 6.09 Å². The zero-order valence-corrected chi connectivity index (χ0v) is 8.73. The van der Waals surface area contributed by atoms with Crippen LogP contribution in [0.3, 0.4) is 0 Å². The Hall–Kier alpha value is -1.62. The lowest BCUT2D eigenvalue weighted by Crippen LogP contribution is -2.30. The Morgan fingerprint density at radius 2 is 2.12 bits per heavy atom. The largest absolute Gasteiger partial charge is 0.439 e. The maximum Gasteiger partial charge on any atom is 0.410 e. The monoisotopic (exact) mass is 224 g/mol. The van der Waals surface area contributed by atoms with Gasteiger partial charge < -0.3 is 15.4 Å². The van der Waals surface area contributed by atoms with Gasteiger partial charge in [0.15, 0.2) is 0 Å². The second-order valence-corrected chi connectivity index (χ2v) is 3.66. The number of cyclic esters (lactones) is 1. The van der Waals surface area contributed by atoms with Crippen LogP contribution in [0.2, 0.25) is 0 Å². The highest BCUT2D eigenvalue weighted by Gasteiger charge is 2.31. The van der Waals surface area contributed by atoms with Gasteiger partial charge in [-0.2, -0.15) is 0 Å². The number of hydrogen-bond acceptors (Lipinski definition) is 3. The number of rotatable bonds is 3. The van der Waals surface area contributed by atoms with E-state index in [2.05, 4.69) is 0 Å². The topological polar surface area (TPSA) is 55.6 Å². The van der Waals surface area contributed by atoms with Gasteiger partial charge in [-0.25, -0.2) is 9.18 Å². The van der Waals surface area contributed by atoms with E-state index >= 15 is 0 Å². The third kappa shape index (κ3) is 2.14. The fraction of sp³-hybridized carbons (Fsp3) is 0.364. The second kappa shape index (κ2) is 4.49. The van der Waals surface area contributed by atoms with Crippen molar-refractivity contribution in [2.24, 2.45) is 5.73 Å². The first kappa shape index (κ1) is 10.9. The summed E-state index contributed by atoms with van der Waals surface area (Å²) in [6.45, 7) is 1.36. The SMILES string of the molecule is NCCN1CC(c2ccc(F)cc2)OC1=O. The molecule has 2 N–H and O–H groups in total. The molecule has 86 valence electrons. The number of nitrogens with zero attached hydrogens (tertiary/aromatic N) is 1. The lowest BCUT2D eigenvalue weighted by molar-refractivity contribution is 0.133. The van der Waals surface area contributed by atoms with E-state index in [4.69, 9.17) is 10.5 Å². The molecule has 1 unspecified atom stereocenters. The maximum atomic E-state index is 12.7. The van der Waals surface area contributed by atoms with Gasteiger partial charge in [-0.3, -0.25) is 0 Å². The van der Waals surface area contributed by atoms with Crippen molar-refractivity contribution in [2.45, 2.75) is 6.10 Å². The number of benzene rings is 1. The van der Waals surface area contributed by atoms with Gasteiger partial charge in [0.05, 0.1) is 6.54 Å². The molecule has 1 heterocycles. The Balaban J connectivity index is 2.07. The van der Waals surface area contributed by atoms with Crippen LogP contribution in [-0.4, -0.2) is 30.6 Å². The number of amides is 1. The average molecular weight is 224 g/mol.